The molecule has 0 spiro atoms. The van der Waals surface area contributed by atoms with Crippen molar-refractivity contribution in [3.8, 4) is 0 Å². The number of piperidine rings is 1. The minimum absolute atomic E-state index is 0.437. The van der Waals surface area contributed by atoms with Gasteiger partial charge in [0.15, 0.2) is 11.5 Å². The lowest BCUT2D eigenvalue weighted by Crippen LogP contribution is -2.28. The maximum atomic E-state index is 5.91. The largest absolute Gasteiger partial charge is 0.316 e. The Bertz CT molecular complexity index is 502. The van der Waals surface area contributed by atoms with Crippen LogP contribution >= 0.6 is 11.6 Å². The summed E-state index contributed by atoms with van der Waals surface area (Å²) in [5, 5.41) is 8.54. The smallest absolute Gasteiger partial charge is 0.156 e. The number of fused-ring (bicyclic) bond motifs is 1. The van der Waals surface area contributed by atoms with Crippen molar-refractivity contribution in [2.45, 2.75) is 18.8 Å². The van der Waals surface area contributed by atoms with Crippen LogP contribution in [0.2, 0.25) is 5.02 Å². The summed E-state index contributed by atoms with van der Waals surface area (Å²) in [6, 6.07) is 3.74. The van der Waals surface area contributed by atoms with Crippen molar-refractivity contribution in [1.82, 2.24) is 19.9 Å². The molecule has 0 bridgehead atoms. The molecule has 1 aliphatic heterocycles. The summed E-state index contributed by atoms with van der Waals surface area (Å²) in [5.41, 5.74) is 0.866. The van der Waals surface area contributed by atoms with Gasteiger partial charge >= 0.3 is 0 Å². The second-order valence-corrected chi connectivity index (χ2v) is 4.60. The summed E-state index contributed by atoms with van der Waals surface area (Å²) in [5.74, 6) is 1.36. The van der Waals surface area contributed by atoms with Crippen molar-refractivity contribution in [2.75, 3.05) is 13.1 Å². The van der Waals surface area contributed by atoms with Crippen molar-refractivity contribution in [2.24, 2.45) is 0 Å². The third-order valence-corrected chi connectivity index (χ3v) is 3.20. The lowest BCUT2D eigenvalue weighted by Gasteiger charge is -2.19. The molecule has 2 aromatic heterocycles. The molecule has 84 valence electrons. The van der Waals surface area contributed by atoms with Gasteiger partial charge in [0.05, 0.1) is 5.02 Å². The first kappa shape index (κ1) is 10.1. The van der Waals surface area contributed by atoms with Gasteiger partial charge in [0.25, 0.3) is 0 Å². The summed E-state index contributed by atoms with van der Waals surface area (Å²) < 4.78 is 1.76. The van der Waals surface area contributed by atoms with Gasteiger partial charge in [-0.2, -0.15) is 5.10 Å². The van der Waals surface area contributed by atoms with Gasteiger partial charge in [-0.3, -0.25) is 0 Å². The van der Waals surface area contributed by atoms with E-state index in [1.807, 2.05) is 12.1 Å². The molecule has 3 heterocycles. The Morgan fingerprint density at radius 1 is 1.44 bits per heavy atom. The first-order valence-corrected chi connectivity index (χ1v) is 5.93. The quantitative estimate of drug-likeness (QED) is 0.822. The number of hydrogen-bond acceptors (Lipinski definition) is 3. The molecule has 0 aliphatic carbocycles. The highest BCUT2D eigenvalue weighted by atomic mass is 35.5. The molecule has 1 N–H and O–H groups in total. The van der Waals surface area contributed by atoms with Crippen LogP contribution < -0.4 is 5.32 Å². The van der Waals surface area contributed by atoms with E-state index in [4.69, 9.17) is 11.6 Å². The van der Waals surface area contributed by atoms with Crippen molar-refractivity contribution in [1.29, 1.82) is 0 Å². The van der Waals surface area contributed by atoms with Crippen molar-refractivity contribution >= 4 is 17.2 Å². The van der Waals surface area contributed by atoms with E-state index < -0.39 is 0 Å². The standard InChI is InChI=1S/C11H13ClN4/c12-9-3-4-10-14-11(15-16(10)7-9)8-2-1-5-13-6-8/h3-4,7-8,13H,1-2,5-6H2. The monoisotopic (exact) mass is 236 g/mol. The Hall–Kier alpha value is -1.13. The molecule has 0 aromatic carbocycles. The number of rotatable bonds is 1. The zero-order valence-corrected chi connectivity index (χ0v) is 9.61. The van der Waals surface area contributed by atoms with E-state index in [0.29, 0.717) is 10.9 Å². The van der Waals surface area contributed by atoms with E-state index in [9.17, 15) is 0 Å². The summed E-state index contributed by atoms with van der Waals surface area (Å²) in [4.78, 5) is 4.53. The second kappa shape index (κ2) is 4.03. The molecule has 0 radical (unpaired) electrons. The highest BCUT2D eigenvalue weighted by Crippen LogP contribution is 2.21. The van der Waals surface area contributed by atoms with Crippen LogP contribution in [0.25, 0.3) is 5.65 Å². The fourth-order valence-corrected chi connectivity index (χ4v) is 2.28. The Morgan fingerprint density at radius 2 is 2.38 bits per heavy atom. The van der Waals surface area contributed by atoms with Gasteiger partial charge in [0, 0.05) is 18.7 Å². The molecule has 0 amide bonds. The van der Waals surface area contributed by atoms with E-state index in [0.717, 1.165) is 31.0 Å². The molecule has 1 fully saturated rings. The van der Waals surface area contributed by atoms with Crippen LogP contribution in [0.15, 0.2) is 18.3 Å². The van der Waals surface area contributed by atoms with Gasteiger partial charge in [0.2, 0.25) is 0 Å². The first-order valence-electron chi connectivity index (χ1n) is 5.55. The molecular weight excluding hydrogens is 224 g/mol. The molecule has 1 unspecified atom stereocenters. The average molecular weight is 237 g/mol. The lowest BCUT2D eigenvalue weighted by molar-refractivity contribution is 0.447. The van der Waals surface area contributed by atoms with Crippen LogP contribution in [0.5, 0.6) is 0 Å². The first-order chi connectivity index (χ1) is 7.83. The Kier molecular flexibility index (Phi) is 2.53. The third kappa shape index (κ3) is 1.79. The van der Waals surface area contributed by atoms with Crippen molar-refractivity contribution in [3.05, 3.63) is 29.2 Å². The van der Waals surface area contributed by atoms with E-state index in [-0.39, 0.29) is 0 Å². The minimum Gasteiger partial charge on any atom is -0.316 e. The highest BCUT2D eigenvalue weighted by Gasteiger charge is 2.19. The average Bonchev–Trinajstić information content (AvgIpc) is 2.73. The molecule has 0 saturated carbocycles. The Balaban J connectivity index is 1.97. The number of aromatic nitrogens is 3. The predicted molar refractivity (Wildman–Crippen MR) is 62.8 cm³/mol. The van der Waals surface area contributed by atoms with Gasteiger partial charge in [-0.25, -0.2) is 9.50 Å². The van der Waals surface area contributed by atoms with Gasteiger partial charge in [-0.15, -0.1) is 0 Å². The topological polar surface area (TPSA) is 42.2 Å². The number of hydrogen-bond donors (Lipinski definition) is 1. The van der Waals surface area contributed by atoms with E-state index >= 15 is 0 Å². The summed E-state index contributed by atoms with van der Waals surface area (Å²) in [6.07, 6.45) is 4.15. The van der Waals surface area contributed by atoms with Gasteiger partial charge in [-0.05, 0) is 31.5 Å². The van der Waals surface area contributed by atoms with Gasteiger partial charge in [0.1, 0.15) is 0 Å². The summed E-state index contributed by atoms with van der Waals surface area (Å²) in [6.45, 7) is 2.08. The zero-order chi connectivity index (χ0) is 11.0. The molecule has 3 rings (SSSR count). The lowest BCUT2D eigenvalue weighted by atomic mass is 9.99. The fourth-order valence-electron chi connectivity index (χ4n) is 2.12. The number of nitrogens with zero attached hydrogens (tertiary/aromatic N) is 3. The van der Waals surface area contributed by atoms with Crippen molar-refractivity contribution < 1.29 is 0 Å². The molecule has 16 heavy (non-hydrogen) atoms. The van der Waals surface area contributed by atoms with Gasteiger partial charge < -0.3 is 5.32 Å². The van der Waals surface area contributed by atoms with Crippen LogP contribution in [-0.2, 0) is 0 Å². The predicted octanol–water partition coefficient (Wildman–Crippen LogP) is 1.85. The Morgan fingerprint density at radius 3 is 3.19 bits per heavy atom. The SMILES string of the molecule is Clc1ccc2nc(C3CCCNC3)nn2c1. The van der Waals surface area contributed by atoms with Crippen LogP contribution in [0.1, 0.15) is 24.6 Å². The maximum absolute atomic E-state index is 5.91. The van der Waals surface area contributed by atoms with Gasteiger partial charge in [-0.1, -0.05) is 11.6 Å². The molecule has 1 saturated heterocycles. The Labute approximate surface area is 98.6 Å². The summed E-state index contributed by atoms with van der Waals surface area (Å²) >= 11 is 5.91. The fraction of sp³-hybridized carbons (Fsp3) is 0.455. The molecule has 5 heteroatoms. The number of nitrogens with one attached hydrogen (secondary N) is 1. The van der Waals surface area contributed by atoms with E-state index in [1.54, 1.807) is 10.7 Å². The van der Waals surface area contributed by atoms with Crippen LogP contribution in [0.3, 0.4) is 0 Å². The third-order valence-electron chi connectivity index (χ3n) is 2.97. The maximum Gasteiger partial charge on any atom is 0.156 e. The highest BCUT2D eigenvalue weighted by molar-refractivity contribution is 6.30. The number of pyridine rings is 1. The van der Waals surface area contributed by atoms with Crippen molar-refractivity contribution in [3.63, 3.8) is 0 Å². The zero-order valence-electron chi connectivity index (χ0n) is 8.86. The van der Waals surface area contributed by atoms with Crippen LogP contribution in [0.4, 0.5) is 0 Å². The normalized spacial score (nSPS) is 21.4. The molecule has 1 atom stereocenters. The van der Waals surface area contributed by atoms with Crippen LogP contribution in [0, 0.1) is 0 Å². The second-order valence-electron chi connectivity index (χ2n) is 4.16. The van der Waals surface area contributed by atoms with E-state index in [1.165, 1.54) is 6.42 Å². The minimum atomic E-state index is 0.437. The molecule has 2 aromatic rings. The van der Waals surface area contributed by atoms with Crippen LogP contribution in [-0.4, -0.2) is 27.7 Å². The molecule has 1 aliphatic rings. The number of halogens is 1. The van der Waals surface area contributed by atoms with E-state index in [2.05, 4.69) is 15.4 Å². The molecular formula is C11H13ClN4. The summed E-state index contributed by atoms with van der Waals surface area (Å²) in [7, 11) is 0. The molecule has 4 nitrogen and oxygen atoms in total.